The molecular weight excluding hydrogens is 438 g/mol. The molecule has 0 saturated heterocycles. The molecule has 0 bridgehead atoms. The zero-order valence-corrected chi connectivity index (χ0v) is 17.2. The molecule has 0 aliphatic heterocycles. The number of methoxy groups -OCH3 is 1. The summed E-state index contributed by atoms with van der Waals surface area (Å²) in [5.41, 5.74) is 0.327. The fourth-order valence-electron chi connectivity index (χ4n) is 2.61. The van der Waals surface area contributed by atoms with Crippen molar-refractivity contribution in [3.63, 3.8) is 0 Å². The van der Waals surface area contributed by atoms with Crippen molar-refractivity contribution < 1.29 is 32.6 Å². The van der Waals surface area contributed by atoms with E-state index in [-0.39, 0.29) is 29.4 Å². The van der Waals surface area contributed by atoms with Crippen molar-refractivity contribution in [2.75, 3.05) is 17.7 Å². The standard InChI is InChI=1S/C22H18F2N4O5/c1-32-22(31)27-19-12-16(8-9-25-19)33-15-6-7-18(17(24)11-15)26-21(30)28-20(29)10-13-2-4-14(23)5-3-13/h2-9,11-12H,10H2,1H3,(H,25,27,31)(H2,26,28,29,30). The van der Waals surface area contributed by atoms with E-state index < -0.39 is 29.7 Å². The van der Waals surface area contributed by atoms with Crippen molar-refractivity contribution in [2.45, 2.75) is 6.42 Å². The quantitative estimate of drug-likeness (QED) is 0.511. The lowest BCUT2D eigenvalue weighted by Crippen LogP contribution is -2.35. The lowest BCUT2D eigenvalue weighted by Gasteiger charge is -2.11. The Morgan fingerprint density at radius 1 is 0.939 bits per heavy atom. The van der Waals surface area contributed by atoms with Gasteiger partial charge >= 0.3 is 12.1 Å². The molecule has 0 saturated carbocycles. The lowest BCUT2D eigenvalue weighted by molar-refractivity contribution is -0.119. The number of benzene rings is 2. The Labute approximate surface area is 186 Å². The second-order valence-electron chi connectivity index (χ2n) is 6.54. The molecule has 0 aliphatic carbocycles. The van der Waals surface area contributed by atoms with Gasteiger partial charge in [-0.05, 0) is 35.9 Å². The van der Waals surface area contributed by atoms with E-state index in [1.165, 1.54) is 61.8 Å². The molecule has 2 aromatic carbocycles. The average molecular weight is 456 g/mol. The highest BCUT2D eigenvalue weighted by molar-refractivity contribution is 6.01. The molecule has 0 fully saturated rings. The molecule has 3 N–H and O–H groups in total. The highest BCUT2D eigenvalue weighted by Crippen LogP contribution is 2.26. The summed E-state index contributed by atoms with van der Waals surface area (Å²) in [5, 5.41) is 6.67. The molecule has 9 nitrogen and oxygen atoms in total. The first-order valence-corrected chi connectivity index (χ1v) is 9.46. The molecule has 4 amide bonds. The number of pyridine rings is 1. The van der Waals surface area contributed by atoms with Crippen molar-refractivity contribution in [2.24, 2.45) is 0 Å². The van der Waals surface area contributed by atoms with Gasteiger partial charge in [-0.3, -0.25) is 15.4 Å². The molecule has 0 radical (unpaired) electrons. The number of aromatic nitrogens is 1. The molecule has 1 aromatic heterocycles. The van der Waals surface area contributed by atoms with Crippen molar-refractivity contribution in [3.05, 3.63) is 78.0 Å². The molecule has 33 heavy (non-hydrogen) atoms. The van der Waals surface area contributed by atoms with Crippen LogP contribution in [0.2, 0.25) is 0 Å². The van der Waals surface area contributed by atoms with E-state index >= 15 is 0 Å². The van der Waals surface area contributed by atoms with E-state index in [2.05, 4.69) is 25.7 Å². The van der Waals surface area contributed by atoms with Gasteiger partial charge in [0.05, 0.1) is 19.2 Å². The third kappa shape index (κ3) is 6.99. The Bertz CT molecular complexity index is 1170. The third-order valence-corrected chi connectivity index (χ3v) is 4.10. The summed E-state index contributed by atoms with van der Waals surface area (Å²) in [6.45, 7) is 0. The number of nitrogens with one attached hydrogen (secondary N) is 3. The van der Waals surface area contributed by atoms with Crippen LogP contribution >= 0.6 is 0 Å². The minimum Gasteiger partial charge on any atom is -0.457 e. The van der Waals surface area contributed by atoms with Crippen molar-refractivity contribution >= 4 is 29.5 Å². The fraction of sp³-hybridized carbons (Fsp3) is 0.0909. The summed E-state index contributed by atoms with van der Waals surface area (Å²) in [5.74, 6) is -1.35. The number of halogens is 2. The maximum absolute atomic E-state index is 14.4. The Morgan fingerprint density at radius 2 is 1.67 bits per heavy atom. The number of amides is 4. The van der Waals surface area contributed by atoms with E-state index in [1.807, 2.05) is 0 Å². The maximum atomic E-state index is 14.4. The SMILES string of the molecule is COC(=O)Nc1cc(Oc2ccc(NC(=O)NC(=O)Cc3ccc(F)cc3)c(F)c2)ccn1. The predicted molar refractivity (Wildman–Crippen MR) is 114 cm³/mol. The molecule has 11 heteroatoms. The van der Waals surface area contributed by atoms with Crippen LogP contribution in [0.25, 0.3) is 0 Å². The van der Waals surface area contributed by atoms with Gasteiger partial charge in [0.25, 0.3) is 0 Å². The predicted octanol–water partition coefficient (Wildman–Crippen LogP) is 4.22. The fourth-order valence-corrected chi connectivity index (χ4v) is 2.61. The summed E-state index contributed by atoms with van der Waals surface area (Å²) in [4.78, 5) is 39.1. The molecule has 3 aromatic rings. The van der Waals surface area contributed by atoms with Crippen LogP contribution in [-0.4, -0.2) is 30.1 Å². The summed E-state index contributed by atoms with van der Waals surface area (Å²) < 4.78 is 37.3. The zero-order chi connectivity index (χ0) is 23.8. The van der Waals surface area contributed by atoms with Crippen LogP contribution in [0.5, 0.6) is 11.5 Å². The second-order valence-corrected chi connectivity index (χ2v) is 6.54. The van der Waals surface area contributed by atoms with Gasteiger partial charge in [-0.1, -0.05) is 12.1 Å². The molecule has 1 heterocycles. The number of hydrogen-bond donors (Lipinski definition) is 3. The zero-order valence-electron chi connectivity index (χ0n) is 17.2. The van der Waals surface area contributed by atoms with Crippen LogP contribution < -0.4 is 20.7 Å². The minimum atomic E-state index is -0.928. The van der Waals surface area contributed by atoms with Gasteiger partial charge in [-0.25, -0.2) is 23.4 Å². The second kappa shape index (κ2) is 10.7. The van der Waals surface area contributed by atoms with Gasteiger partial charge in [-0.15, -0.1) is 0 Å². The first kappa shape index (κ1) is 23.1. The highest BCUT2D eigenvalue weighted by atomic mass is 19.1. The summed E-state index contributed by atoms with van der Waals surface area (Å²) in [6, 6.07) is 10.9. The number of rotatable bonds is 6. The van der Waals surface area contributed by atoms with Gasteiger partial charge in [0.2, 0.25) is 5.91 Å². The number of carbonyl (C=O) groups excluding carboxylic acids is 3. The molecule has 170 valence electrons. The third-order valence-electron chi connectivity index (χ3n) is 4.10. The summed E-state index contributed by atoms with van der Waals surface area (Å²) in [7, 11) is 1.20. The molecule has 0 aliphatic rings. The first-order valence-electron chi connectivity index (χ1n) is 9.46. The van der Waals surface area contributed by atoms with Crippen molar-refractivity contribution in [3.8, 4) is 11.5 Å². The molecule has 0 atom stereocenters. The average Bonchev–Trinajstić information content (AvgIpc) is 2.77. The topological polar surface area (TPSA) is 119 Å². The molecular formula is C22H18F2N4O5. The van der Waals surface area contributed by atoms with Crippen LogP contribution in [-0.2, 0) is 16.0 Å². The van der Waals surface area contributed by atoms with Crippen LogP contribution in [0.1, 0.15) is 5.56 Å². The van der Waals surface area contributed by atoms with Gasteiger partial charge < -0.3 is 14.8 Å². The van der Waals surface area contributed by atoms with Crippen LogP contribution in [0.3, 0.4) is 0 Å². The Morgan fingerprint density at radius 3 is 2.36 bits per heavy atom. The molecule has 0 spiro atoms. The minimum absolute atomic E-state index is 0.112. The normalized spacial score (nSPS) is 10.2. The largest absolute Gasteiger partial charge is 0.457 e. The van der Waals surface area contributed by atoms with Gasteiger partial charge in [0, 0.05) is 18.3 Å². The number of carbonyl (C=O) groups is 3. The Hall–Kier alpha value is -4.54. The number of anilines is 2. The number of hydrogen-bond acceptors (Lipinski definition) is 6. The van der Waals surface area contributed by atoms with Crippen LogP contribution in [0.15, 0.2) is 60.8 Å². The number of imide groups is 1. The Balaban J connectivity index is 1.57. The maximum Gasteiger partial charge on any atom is 0.412 e. The van der Waals surface area contributed by atoms with Gasteiger partial charge in [0.1, 0.15) is 29.0 Å². The molecule has 3 rings (SSSR count). The van der Waals surface area contributed by atoms with E-state index in [0.29, 0.717) is 5.56 Å². The van der Waals surface area contributed by atoms with Crippen LogP contribution in [0.4, 0.5) is 29.9 Å². The van der Waals surface area contributed by atoms with Crippen molar-refractivity contribution in [1.29, 1.82) is 0 Å². The Kier molecular flexibility index (Phi) is 7.47. The van der Waals surface area contributed by atoms with Crippen LogP contribution in [0, 0.1) is 11.6 Å². The number of urea groups is 1. The summed E-state index contributed by atoms with van der Waals surface area (Å²) in [6.07, 6.45) is 0.512. The lowest BCUT2D eigenvalue weighted by atomic mass is 10.1. The van der Waals surface area contributed by atoms with E-state index in [0.717, 1.165) is 6.07 Å². The molecule has 0 unspecified atom stereocenters. The van der Waals surface area contributed by atoms with E-state index in [1.54, 1.807) is 0 Å². The summed E-state index contributed by atoms with van der Waals surface area (Å²) >= 11 is 0. The number of nitrogens with zero attached hydrogens (tertiary/aromatic N) is 1. The number of ether oxygens (including phenoxy) is 2. The first-order chi connectivity index (χ1) is 15.8. The smallest absolute Gasteiger partial charge is 0.412 e. The monoisotopic (exact) mass is 456 g/mol. The van der Waals surface area contributed by atoms with Gasteiger partial charge in [0.15, 0.2) is 0 Å². The highest BCUT2D eigenvalue weighted by Gasteiger charge is 2.13. The van der Waals surface area contributed by atoms with Gasteiger partial charge in [-0.2, -0.15) is 0 Å². The van der Waals surface area contributed by atoms with Crippen molar-refractivity contribution in [1.82, 2.24) is 10.3 Å². The van der Waals surface area contributed by atoms with E-state index in [4.69, 9.17) is 4.74 Å². The van der Waals surface area contributed by atoms with E-state index in [9.17, 15) is 23.2 Å².